The first-order valence-corrected chi connectivity index (χ1v) is 9.90. The van der Waals surface area contributed by atoms with Crippen LogP contribution in [0.2, 0.25) is 0 Å². The van der Waals surface area contributed by atoms with Gasteiger partial charge < -0.3 is 10.1 Å². The third kappa shape index (κ3) is 3.90. The molecule has 0 fully saturated rings. The predicted octanol–water partition coefficient (Wildman–Crippen LogP) is 4.08. The van der Waals surface area contributed by atoms with Crippen molar-refractivity contribution in [2.45, 2.75) is 13.5 Å². The van der Waals surface area contributed by atoms with Gasteiger partial charge in [-0.25, -0.2) is 4.98 Å². The second kappa shape index (κ2) is 7.89. The summed E-state index contributed by atoms with van der Waals surface area (Å²) in [6, 6.07) is 15.1. The summed E-state index contributed by atoms with van der Waals surface area (Å²) in [4.78, 5) is 29.7. The van der Waals surface area contributed by atoms with Crippen LogP contribution in [-0.2, 0) is 11.3 Å². The molecule has 29 heavy (non-hydrogen) atoms. The molecule has 0 spiro atoms. The molecule has 0 aliphatic heterocycles. The zero-order valence-electron chi connectivity index (χ0n) is 16.0. The zero-order valence-corrected chi connectivity index (χ0v) is 16.8. The van der Waals surface area contributed by atoms with E-state index in [9.17, 15) is 9.59 Å². The van der Waals surface area contributed by atoms with Gasteiger partial charge >= 0.3 is 0 Å². The molecule has 4 aromatic rings. The molecule has 1 amide bonds. The van der Waals surface area contributed by atoms with Crippen LogP contribution in [0.4, 0.5) is 5.69 Å². The largest absolute Gasteiger partial charge is 0.497 e. The van der Waals surface area contributed by atoms with Crippen molar-refractivity contribution in [1.29, 1.82) is 0 Å². The average molecular weight is 405 g/mol. The summed E-state index contributed by atoms with van der Waals surface area (Å²) < 4.78 is 6.97. The number of amides is 1. The van der Waals surface area contributed by atoms with Gasteiger partial charge in [0.15, 0.2) is 0 Å². The predicted molar refractivity (Wildman–Crippen MR) is 116 cm³/mol. The number of ether oxygens (including phenoxy) is 1. The first-order chi connectivity index (χ1) is 14.0. The molecule has 2 heterocycles. The van der Waals surface area contributed by atoms with Crippen LogP contribution in [0.25, 0.3) is 21.3 Å². The molecule has 0 radical (unpaired) electrons. The normalized spacial score (nSPS) is 10.8. The summed E-state index contributed by atoms with van der Waals surface area (Å²) in [6.45, 7) is 1.93. The highest BCUT2D eigenvalue weighted by Gasteiger charge is 2.14. The van der Waals surface area contributed by atoms with Gasteiger partial charge in [0, 0.05) is 16.6 Å². The van der Waals surface area contributed by atoms with Gasteiger partial charge in [-0.2, -0.15) is 0 Å². The minimum absolute atomic E-state index is 0.106. The highest BCUT2D eigenvalue weighted by molar-refractivity contribution is 7.17. The molecule has 4 rings (SSSR count). The van der Waals surface area contributed by atoms with Gasteiger partial charge in [-0.15, -0.1) is 11.3 Å². The number of benzene rings is 2. The molecular weight excluding hydrogens is 386 g/mol. The third-order valence-electron chi connectivity index (χ3n) is 4.60. The fraction of sp³-hybridized carbons (Fsp3) is 0.136. The van der Waals surface area contributed by atoms with Gasteiger partial charge in [0.05, 0.1) is 19.0 Å². The molecule has 0 saturated heterocycles. The van der Waals surface area contributed by atoms with Crippen LogP contribution >= 0.6 is 11.3 Å². The van der Waals surface area contributed by atoms with E-state index in [1.165, 1.54) is 27.8 Å². The van der Waals surface area contributed by atoms with E-state index in [1.807, 2.05) is 36.6 Å². The lowest BCUT2D eigenvalue weighted by Crippen LogP contribution is -2.27. The summed E-state index contributed by atoms with van der Waals surface area (Å²) in [7, 11) is 1.58. The SMILES string of the molecule is COc1ccc(NC(=O)Cn2cnc3c(-c4ccc(C)cc4)csc3c2=O)cc1. The molecule has 6 nitrogen and oxygen atoms in total. The molecule has 0 aliphatic carbocycles. The number of hydrogen-bond acceptors (Lipinski definition) is 5. The molecule has 0 atom stereocenters. The molecule has 2 aromatic carbocycles. The number of thiophene rings is 1. The Balaban J connectivity index is 1.56. The minimum Gasteiger partial charge on any atom is -0.497 e. The van der Waals surface area contributed by atoms with E-state index in [1.54, 1.807) is 31.4 Å². The van der Waals surface area contributed by atoms with E-state index in [0.717, 1.165) is 11.1 Å². The molecule has 146 valence electrons. The maximum atomic E-state index is 12.8. The number of fused-ring (bicyclic) bond motifs is 1. The fourth-order valence-corrected chi connectivity index (χ4v) is 4.00. The summed E-state index contributed by atoms with van der Waals surface area (Å²) in [5.41, 5.74) is 4.20. The van der Waals surface area contributed by atoms with Gasteiger partial charge in [-0.3, -0.25) is 14.2 Å². The van der Waals surface area contributed by atoms with E-state index in [4.69, 9.17) is 4.74 Å². The smallest absolute Gasteiger partial charge is 0.271 e. The lowest BCUT2D eigenvalue weighted by atomic mass is 10.1. The molecule has 1 N–H and O–H groups in total. The number of nitrogens with zero attached hydrogens (tertiary/aromatic N) is 2. The second-order valence-corrected chi connectivity index (χ2v) is 7.53. The lowest BCUT2D eigenvalue weighted by Gasteiger charge is -2.08. The first kappa shape index (κ1) is 18.9. The summed E-state index contributed by atoms with van der Waals surface area (Å²) >= 11 is 1.35. The number of hydrogen-bond donors (Lipinski definition) is 1. The monoisotopic (exact) mass is 405 g/mol. The number of methoxy groups -OCH3 is 1. The first-order valence-electron chi connectivity index (χ1n) is 9.03. The number of carbonyl (C=O) groups is 1. The van der Waals surface area contributed by atoms with E-state index < -0.39 is 0 Å². The Kier molecular flexibility index (Phi) is 5.14. The fourth-order valence-electron chi connectivity index (χ4n) is 3.02. The molecule has 0 aliphatic rings. The number of aryl methyl sites for hydroxylation is 1. The molecule has 2 aromatic heterocycles. The van der Waals surface area contributed by atoms with E-state index in [2.05, 4.69) is 10.3 Å². The van der Waals surface area contributed by atoms with Crippen LogP contribution in [0.3, 0.4) is 0 Å². The Morgan fingerprint density at radius 3 is 2.55 bits per heavy atom. The van der Waals surface area contributed by atoms with E-state index in [0.29, 0.717) is 21.7 Å². The van der Waals surface area contributed by atoms with Gasteiger partial charge in [0.1, 0.15) is 17.0 Å². The Morgan fingerprint density at radius 1 is 1.14 bits per heavy atom. The van der Waals surface area contributed by atoms with Crippen molar-refractivity contribution < 1.29 is 9.53 Å². The highest BCUT2D eigenvalue weighted by atomic mass is 32.1. The number of carbonyl (C=O) groups excluding carboxylic acids is 1. The number of rotatable bonds is 5. The Labute approximate surface area is 171 Å². The van der Waals surface area contributed by atoms with Crippen molar-refractivity contribution in [2.75, 3.05) is 12.4 Å². The lowest BCUT2D eigenvalue weighted by molar-refractivity contribution is -0.116. The van der Waals surface area contributed by atoms with Gasteiger partial charge in [-0.05, 0) is 36.8 Å². The minimum atomic E-state index is -0.297. The topological polar surface area (TPSA) is 73.2 Å². The number of aromatic nitrogens is 2. The van der Waals surface area contributed by atoms with Crippen molar-refractivity contribution >= 4 is 33.1 Å². The van der Waals surface area contributed by atoms with Gasteiger partial charge in [-0.1, -0.05) is 29.8 Å². The standard InChI is InChI=1S/C22H19N3O3S/c1-14-3-5-15(6-4-14)18-12-29-21-20(18)23-13-25(22(21)27)11-19(26)24-16-7-9-17(28-2)10-8-16/h3-10,12-13H,11H2,1-2H3,(H,24,26). The molecule has 0 bridgehead atoms. The van der Waals surface area contributed by atoms with E-state index in [-0.39, 0.29) is 18.0 Å². The van der Waals surface area contributed by atoms with Crippen molar-refractivity contribution in [3.63, 3.8) is 0 Å². The van der Waals surface area contributed by atoms with Gasteiger partial charge in [0.25, 0.3) is 5.56 Å². The Morgan fingerprint density at radius 2 is 1.86 bits per heavy atom. The Hall–Kier alpha value is -3.45. The van der Waals surface area contributed by atoms with E-state index >= 15 is 0 Å². The maximum absolute atomic E-state index is 12.8. The second-order valence-electron chi connectivity index (χ2n) is 6.65. The number of anilines is 1. The van der Waals surface area contributed by atoms with Crippen molar-refractivity contribution in [2.24, 2.45) is 0 Å². The molecule has 0 unspecified atom stereocenters. The summed E-state index contributed by atoms with van der Waals surface area (Å²) in [5.74, 6) is 0.407. The Bertz CT molecular complexity index is 1230. The third-order valence-corrected chi connectivity index (χ3v) is 5.55. The average Bonchev–Trinajstić information content (AvgIpc) is 3.16. The van der Waals surface area contributed by atoms with Crippen LogP contribution < -0.4 is 15.6 Å². The molecule has 7 heteroatoms. The van der Waals surface area contributed by atoms with Crippen LogP contribution in [-0.4, -0.2) is 22.6 Å². The zero-order chi connectivity index (χ0) is 20.4. The van der Waals surface area contributed by atoms with Gasteiger partial charge in [0.2, 0.25) is 5.91 Å². The van der Waals surface area contributed by atoms with Crippen LogP contribution in [0, 0.1) is 6.92 Å². The van der Waals surface area contributed by atoms with Crippen molar-refractivity contribution in [3.8, 4) is 16.9 Å². The summed E-state index contributed by atoms with van der Waals surface area (Å²) in [5, 5.41) is 4.71. The van der Waals surface area contributed by atoms with Crippen LogP contribution in [0.1, 0.15) is 5.56 Å². The van der Waals surface area contributed by atoms with Crippen molar-refractivity contribution in [3.05, 3.63) is 76.2 Å². The molecule has 0 saturated carbocycles. The highest BCUT2D eigenvalue weighted by Crippen LogP contribution is 2.30. The van der Waals surface area contributed by atoms with Crippen LogP contribution in [0.15, 0.2) is 65.0 Å². The molecular formula is C22H19N3O3S. The number of nitrogens with one attached hydrogen (secondary N) is 1. The summed E-state index contributed by atoms with van der Waals surface area (Å²) in [6.07, 6.45) is 1.43. The maximum Gasteiger partial charge on any atom is 0.271 e. The van der Waals surface area contributed by atoms with Crippen molar-refractivity contribution in [1.82, 2.24) is 9.55 Å². The van der Waals surface area contributed by atoms with Crippen LogP contribution in [0.5, 0.6) is 5.75 Å². The quantitative estimate of drug-likeness (QED) is 0.543.